The number of piperazine rings is 1. The second kappa shape index (κ2) is 8.47. The van der Waals surface area contributed by atoms with Crippen LogP contribution in [0.3, 0.4) is 0 Å². The standard InChI is InChI=1S/C19H28ClN3O3S/c1-15-4-3-5-16(2)23(15)19(24)14-21-10-12-22(13-11-21)27(25,26)18-8-6-17(20)7-9-18/h6-9,15-16H,3-5,10-14H2,1-2H3. The molecule has 1 amide bonds. The van der Waals surface area contributed by atoms with E-state index in [2.05, 4.69) is 18.7 Å². The molecule has 0 spiro atoms. The SMILES string of the molecule is CC1CCCC(C)N1C(=O)CN1CCN(S(=O)(=O)c2ccc(Cl)cc2)CC1. The average molecular weight is 414 g/mol. The van der Waals surface area contributed by atoms with Gasteiger partial charge in [-0.15, -0.1) is 0 Å². The van der Waals surface area contributed by atoms with Crippen LogP contribution in [0.1, 0.15) is 33.1 Å². The summed E-state index contributed by atoms with van der Waals surface area (Å²) in [7, 11) is -3.52. The Kier molecular flexibility index (Phi) is 6.46. The van der Waals surface area contributed by atoms with Gasteiger partial charge in [0.25, 0.3) is 0 Å². The number of carbonyl (C=O) groups excluding carboxylic acids is 1. The van der Waals surface area contributed by atoms with Crippen LogP contribution in [-0.4, -0.2) is 73.2 Å². The van der Waals surface area contributed by atoms with Crippen molar-refractivity contribution in [2.75, 3.05) is 32.7 Å². The van der Waals surface area contributed by atoms with Gasteiger partial charge in [0, 0.05) is 43.3 Å². The van der Waals surface area contributed by atoms with Crippen molar-refractivity contribution in [1.82, 2.24) is 14.1 Å². The van der Waals surface area contributed by atoms with Crippen LogP contribution in [0.15, 0.2) is 29.2 Å². The van der Waals surface area contributed by atoms with Gasteiger partial charge in [-0.05, 0) is 57.4 Å². The molecule has 2 fully saturated rings. The third-order valence-electron chi connectivity index (χ3n) is 5.62. The largest absolute Gasteiger partial charge is 0.336 e. The third-order valence-corrected chi connectivity index (χ3v) is 7.79. The summed E-state index contributed by atoms with van der Waals surface area (Å²) in [6, 6.07) is 6.81. The number of amides is 1. The highest BCUT2D eigenvalue weighted by Gasteiger charge is 2.32. The monoisotopic (exact) mass is 413 g/mol. The van der Waals surface area contributed by atoms with Crippen LogP contribution in [0.25, 0.3) is 0 Å². The van der Waals surface area contributed by atoms with Crippen LogP contribution in [0.5, 0.6) is 0 Å². The van der Waals surface area contributed by atoms with Crippen molar-refractivity contribution in [2.45, 2.75) is 50.1 Å². The topological polar surface area (TPSA) is 60.9 Å². The molecule has 1 aromatic carbocycles. The lowest BCUT2D eigenvalue weighted by atomic mass is 9.97. The molecule has 3 rings (SSSR count). The number of likely N-dealkylation sites (tertiary alicyclic amines) is 1. The molecule has 2 unspecified atom stereocenters. The quantitative estimate of drug-likeness (QED) is 0.760. The number of nitrogens with zero attached hydrogens (tertiary/aromatic N) is 3. The van der Waals surface area contributed by atoms with Gasteiger partial charge >= 0.3 is 0 Å². The number of hydrogen-bond donors (Lipinski definition) is 0. The van der Waals surface area contributed by atoms with E-state index in [1.807, 2.05) is 4.90 Å². The first-order chi connectivity index (χ1) is 12.8. The lowest BCUT2D eigenvalue weighted by Crippen LogP contribution is -2.54. The van der Waals surface area contributed by atoms with E-state index in [9.17, 15) is 13.2 Å². The van der Waals surface area contributed by atoms with E-state index in [0.29, 0.717) is 37.7 Å². The first-order valence-corrected chi connectivity index (χ1v) is 11.4. The van der Waals surface area contributed by atoms with Crippen LogP contribution < -0.4 is 0 Å². The maximum absolute atomic E-state index is 12.8. The Balaban J connectivity index is 1.57. The van der Waals surface area contributed by atoms with Gasteiger partial charge in [-0.1, -0.05) is 11.6 Å². The van der Waals surface area contributed by atoms with Crippen LogP contribution in [0.2, 0.25) is 5.02 Å². The van der Waals surface area contributed by atoms with E-state index in [4.69, 9.17) is 11.6 Å². The molecular formula is C19H28ClN3O3S. The van der Waals surface area contributed by atoms with Gasteiger partial charge in [-0.25, -0.2) is 8.42 Å². The molecule has 0 radical (unpaired) electrons. The van der Waals surface area contributed by atoms with E-state index in [-0.39, 0.29) is 22.9 Å². The summed E-state index contributed by atoms with van der Waals surface area (Å²) in [5.41, 5.74) is 0. The van der Waals surface area contributed by atoms with Crippen molar-refractivity contribution < 1.29 is 13.2 Å². The molecule has 2 aliphatic heterocycles. The maximum Gasteiger partial charge on any atom is 0.243 e. The molecule has 27 heavy (non-hydrogen) atoms. The molecule has 0 bridgehead atoms. The summed E-state index contributed by atoms with van der Waals surface area (Å²) >= 11 is 5.85. The van der Waals surface area contributed by atoms with Crippen molar-refractivity contribution in [1.29, 1.82) is 0 Å². The number of sulfonamides is 1. The van der Waals surface area contributed by atoms with Crippen LogP contribution in [0, 0.1) is 0 Å². The summed E-state index contributed by atoms with van der Waals surface area (Å²) in [5, 5.41) is 0.512. The highest BCUT2D eigenvalue weighted by atomic mass is 35.5. The molecule has 150 valence electrons. The molecule has 1 aromatic rings. The zero-order chi connectivity index (χ0) is 19.6. The molecule has 8 heteroatoms. The summed E-state index contributed by atoms with van der Waals surface area (Å²) in [6.07, 6.45) is 3.29. The van der Waals surface area contributed by atoms with Crippen LogP contribution in [-0.2, 0) is 14.8 Å². The summed E-state index contributed by atoms with van der Waals surface area (Å²) in [5.74, 6) is 0.156. The van der Waals surface area contributed by atoms with E-state index in [1.165, 1.54) is 22.9 Å². The average Bonchev–Trinajstić information content (AvgIpc) is 2.62. The minimum Gasteiger partial charge on any atom is -0.336 e. The number of halogens is 1. The minimum absolute atomic E-state index is 0.156. The molecule has 0 saturated carbocycles. The molecule has 0 aromatic heterocycles. The van der Waals surface area contributed by atoms with Gasteiger partial charge in [0.2, 0.25) is 15.9 Å². The fraction of sp³-hybridized carbons (Fsp3) is 0.632. The van der Waals surface area contributed by atoms with E-state index in [0.717, 1.165) is 12.8 Å². The van der Waals surface area contributed by atoms with Crippen molar-refractivity contribution in [3.05, 3.63) is 29.3 Å². The van der Waals surface area contributed by atoms with Crippen LogP contribution in [0.4, 0.5) is 0 Å². The number of piperidine rings is 1. The fourth-order valence-corrected chi connectivity index (χ4v) is 5.62. The lowest BCUT2D eigenvalue weighted by Gasteiger charge is -2.41. The predicted octanol–water partition coefficient (Wildman–Crippen LogP) is 2.44. The lowest BCUT2D eigenvalue weighted by molar-refractivity contribution is -0.138. The summed E-state index contributed by atoms with van der Waals surface area (Å²) in [6.45, 7) is 6.51. The normalized spacial score (nSPS) is 25.5. The highest BCUT2D eigenvalue weighted by Crippen LogP contribution is 2.23. The number of benzene rings is 1. The smallest absolute Gasteiger partial charge is 0.243 e. The second-order valence-electron chi connectivity index (χ2n) is 7.56. The predicted molar refractivity (Wildman–Crippen MR) is 106 cm³/mol. The molecule has 0 N–H and O–H groups in total. The van der Waals surface area contributed by atoms with Crippen molar-refractivity contribution in [3.8, 4) is 0 Å². The van der Waals surface area contributed by atoms with Gasteiger partial charge in [-0.2, -0.15) is 4.31 Å². The van der Waals surface area contributed by atoms with Crippen molar-refractivity contribution >= 4 is 27.5 Å². The zero-order valence-corrected chi connectivity index (χ0v) is 17.5. The van der Waals surface area contributed by atoms with Gasteiger partial charge in [0.05, 0.1) is 11.4 Å². The van der Waals surface area contributed by atoms with Crippen molar-refractivity contribution in [3.63, 3.8) is 0 Å². The van der Waals surface area contributed by atoms with Gasteiger partial charge in [0.1, 0.15) is 0 Å². The molecule has 2 heterocycles. The molecule has 6 nitrogen and oxygen atoms in total. The molecular weight excluding hydrogens is 386 g/mol. The number of hydrogen-bond acceptors (Lipinski definition) is 4. The Hall–Kier alpha value is -1.15. The van der Waals surface area contributed by atoms with Gasteiger partial charge in [-0.3, -0.25) is 9.69 Å². The minimum atomic E-state index is -3.52. The highest BCUT2D eigenvalue weighted by molar-refractivity contribution is 7.89. The fourth-order valence-electron chi connectivity index (χ4n) is 4.07. The maximum atomic E-state index is 12.8. The zero-order valence-electron chi connectivity index (χ0n) is 16.0. The number of rotatable bonds is 4. The van der Waals surface area contributed by atoms with Crippen LogP contribution >= 0.6 is 11.6 Å². The van der Waals surface area contributed by atoms with E-state index in [1.54, 1.807) is 12.1 Å². The number of carbonyl (C=O) groups is 1. The first kappa shape index (κ1) is 20.6. The Labute approximate surface area is 167 Å². The van der Waals surface area contributed by atoms with Crippen molar-refractivity contribution in [2.24, 2.45) is 0 Å². The summed E-state index contributed by atoms with van der Waals surface area (Å²) < 4.78 is 27.0. The van der Waals surface area contributed by atoms with Gasteiger partial charge in [0.15, 0.2) is 0 Å². The molecule has 2 aliphatic rings. The van der Waals surface area contributed by atoms with Gasteiger partial charge < -0.3 is 4.90 Å². The molecule has 2 saturated heterocycles. The third kappa shape index (κ3) is 4.65. The molecule has 2 atom stereocenters. The Bertz CT molecular complexity index is 751. The van der Waals surface area contributed by atoms with E-state index < -0.39 is 10.0 Å². The molecule has 0 aliphatic carbocycles. The summed E-state index contributed by atoms with van der Waals surface area (Å²) in [4.78, 5) is 17.1. The first-order valence-electron chi connectivity index (χ1n) is 9.58. The second-order valence-corrected chi connectivity index (χ2v) is 9.94. The Morgan fingerprint density at radius 1 is 1.04 bits per heavy atom. The van der Waals surface area contributed by atoms with E-state index >= 15 is 0 Å². The Morgan fingerprint density at radius 2 is 1.59 bits per heavy atom. The Morgan fingerprint density at radius 3 is 2.15 bits per heavy atom.